The molecule has 5 heteroatoms. The fourth-order valence-electron chi connectivity index (χ4n) is 2.14. The maximum Gasteiger partial charge on any atom is 0.0826 e. The van der Waals surface area contributed by atoms with Crippen molar-refractivity contribution in [1.82, 2.24) is 20.0 Å². The molecule has 0 radical (unpaired) electrons. The van der Waals surface area contributed by atoms with Crippen LogP contribution in [-0.2, 0) is 11.3 Å². The first kappa shape index (κ1) is 13.3. The molecule has 1 unspecified atom stereocenters. The van der Waals surface area contributed by atoms with Crippen molar-refractivity contribution in [3.05, 3.63) is 24.5 Å². The van der Waals surface area contributed by atoms with Gasteiger partial charge >= 0.3 is 0 Å². The van der Waals surface area contributed by atoms with Gasteiger partial charge in [-0.15, -0.1) is 0 Å². The van der Waals surface area contributed by atoms with Crippen LogP contribution in [0.3, 0.4) is 0 Å². The van der Waals surface area contributed by atoms with Crippen molar-refractivity contribution in [1.29, 1.82) is 0 Å². The second kappa shape index (κ2) is 6.68. The summed E-state index contributed by atoms with van der Waals surface area (Å²) >= 11 is 0. The van der Waals surface area contributed by atoms with Gasteiger partial charge in [-0.1, -0.05) is 13.5 Å². The summed E-state index contributed by atoms with van der Waals surface area (Å²) in [6.07, 6.45) is 5.81. The lowest BCUT2D eigenvalue weighted by Crippen LogP contribution is -2.46. The van der Waals surface area contributed by atoms with Crippen molar-refractivity contribution >= 4 is 6.20 Å². The van der Waals surface area contributed by atoms with Gasteiger partial charge in [0.15, 0.2) is 0 Å². The van der Waals surface area contributed by atoms with Crippen molar-refractivity contribution in [3.8, 4) is 0 Å². The van der Waals surface area contributed by atoms with E-state index in [1.165, 1.54) is 0 Å². The van der Waals surface area contributed by atoms with Gasteiger partial charge in [0, 0.05) is 44.1 Å². The molecule has 0 amide bonds. The standard InChI is InChI=1S/C13H22N4O/c1-3-16-5-6-18-13(11-16)9-14-7-12-8-15-17(4-2)10-12/h4,8,10,13-14H,2-3,5-7,9,11H2,1H3. The summed E-state index contributed by atoms with van der Waals surface area (Å²) in [6.45, 7) is 11.6. The van der Waals surface area contributed by atoms with Crippen molar-refractivity contribution < 1.29 is 4.74 Å². The van der Waals surface area contributed by atoms with Crippen LogP contribution >= 0.6 is 0 Å². The smallest absolute Gasteiger partial charge is 0.0826 e. The second-order valence-corrected chi connectivity index (χ2v) is 4.53. The highest BCUT2D eigenvalue weighted by Gasteiger charge is 2.18. The van der Waals surface area contributed by atoms with Gasteiger partial charge in [-0.25, -0.2) is 4.68 Å². The summed E-state index contributed by atoms with van der Waals surface area (Å²) < 4.78 is 7.45. The third-order valence-electron chi connectivity index (χ3n) is 3.21. The van der Waals surface area contributed by atoms with E-state index in [4.69, 9.17) is 4.74 Å². The van der Waals surface area contributed by atoms with Gasteiger partial charge in [-0.2, -0.15) is 5.10 Å². The summed E-state index contributed by atoms with van der Waals surface area (Å²) in [5, 5.41) is 7.56. The van der Waals surface area contributed by atoms with Crippen LogP contribution in [0.25, 0.3) is 6.20 Å². The lowest BCUT2D eigenvalue weighted by molar-refractivity contribution is -0.0253. The van der Waals surface area contributed by atoms with E-state index in [-0.39, 0.29) is 0 Å². The predicted molar refractivity (Wildman–Crippen MR) is 72.2 cm³/mol. The molecular formula is C13H22N4O. The van der Waals surface area contributed by atoms with E-state index in [0.29, 0.717) is 6.10 Å². The van der Waals surface area contributed by atoms with E-state index in [1.54, 1.807) is 10.9 Å². The van der Waals surface area contributed by atoms with Crippen LogP contribution in [-0.4, -0.2) is 53.6 Å². The SMILES string of the molecule is C=Cn1cc(CNCC2CN(CC)CCO2)cn1. The summed E-state index contributed by atoms with van der Waals surface area (Å²) in [7, 11) is 0. The van der Waals surface area contributed by atoms with Crippen molar-refractivity contribution in [2.45, 2.75) is 19.6 Å². The number of nitrogens with one attached hydrogen (secondary N) is 1. The van der Waals surface area contributed by atoms with Crippen LogP contribution in [0, 0.1) is 0 Å². The number of ether oxygens (including phenoxy) is 1. The molecule has 100 valence electrons. The monoisotopic (exact) mass is 250 g/mol. The molecule has 1 fully saturated rings. The van der Waals surface area contributed by atoms with Gasteiger partial charge < -0.3 is 10.1 Å². The number of morpholine rings is 1. The van der Waals surface area contributed by atoms with Gasteiger partial charge in [0.25, 0.3) is 0 Å². The Balaban J connectivity index is 1.69. The van der Waals surface area contributed by atoms with Crippen LogP contribution in [0.5, 0.6) is 0 Å². The Morgan fingerprint density at radius 3 is 3.28 bits per heavy atom. The topological polar surface area (TPSA) is 42.3 Å². The van der Waals surface area contributed by atoms with Gasteiger partial charge in [0.2, 0.25) is 0 Å². The molecule has 0 saturated carbocycles. The average Bonchev–Trinajstić information content (AvgIpc) is 2.87. The quantitative estimate of drug-likeness (QED) is 0.811. The van der Waals surface area contributed by atoms with Crippen LogP contribution in [0.2, 0.25) is 0 Å². The van der Waals surface area contributed by atoms with Crippen molar-refractivity contribution in [3.63, 3.8) is 0 Å². The molecule has 1 atom stereocenters. The van der Waals surface area contributed by atoms with Crippen LogP contribution < -0.4 is 5.32 Å². The first-order valence-electron chi connectivity index (χ1n) is 6.52. The Kier molecular flexibility index (Phi) is 4.92. The highest BCUT2D eigenvalue weighted by Crippen LogP contribution is 2.04. The van der Waals surface area contributed by atoms with E-state index in [0.717, 1.165) is 44.9 Å². The molecule has 0 aliphatic carbocycles. The van der Waals surface area contributed by atoms with Crippen molar-refractivity contribution in [2.75, 3.05) is 32.8 Å². The number of likely N-dealkylation sites (N-methyl/N-ethyl adjacent to an activating group) is 1. The fourth-order valence-corrected chi connectivity index (χ4v) is 2.14. The molecule has 0 bridgehead atoms. The minimum absolute atomic E-state index is 0.299. The molecule has 1 N–H and O–H groups in total. The number of nitrogens with zero attached hydrogens (tertiary/aromatic N) is 3. The average molecular weight is 250 g/mol. The summed E-state index contributed by atoms with van der Waals surface area (Å²) in [5.41, 5.74) is 1.16. The Morgan fingerprint density at radius 2 is 2.56 bits per heavy atom. The molecule has 1 saturated heterocycles. The molecule has 2 rings (SSSR count). The minimum atomic E-state index is 0.299. The Bertz CT molecular complexity index is 377. The number of aromatic nitrogens is 2. The third kappa shape index (κ3) is 3.66. The Labute approximate surface area is 108 Å². The number of hydrogen-bond donors (Lipinski definition) is 1. The van der Waals surface area contributed by atoms with E-state index >= 15 is 0 Å². The normalized spacial score (nSPS) is 21.1. The van der Waals surface area contributed by atoms with Crippen LogP contribution in [0.15, 0.2) is 19.0 Å². The highest BCUT2D eigenvalue weighted by molar-refractivity contribution is 5.17. The summed E-state index contributed by atoms with van der Waals surface area (Å²) in [4.78, 5) is 2.42. The van der Waals surface area contributed by atoms with E-state index < -0.39 is 0 Å². The van der Waals surface area contributed by atoms with Gasteiger partial charge in [0.05, 0.1) is 18.9 Å². The molecule has 2 heterocycles. The zero-order valence-corrected chi connectivity index (χ0v) is 11.0. The fraction of sp³-hybridized carbons (Fsp3) is 0.615. The first-order valence-corrected chi connectivity index (χ1v) is 6.52. The summed E-state index contributed by atoms with van der Waals surface area (Å²) in [6, 6.07) is 0. The lowest BCUT2D eigenvalue weighted by atomic mass is 10.2. The highest BCUT2D eigenvalue weighted by atomic mass is 16.5. The maximum absolute atomic E-state index is 5.73. The zero-order chi connectivity index (χ0) is 12.8. The lowest BCUT2D eigenvalue weighted by Gasteiger charge is -2.32. The van der Waals surface area contributed by atoms with Crippen molar-refractivity contribution in [2.24, 2.45) is 0 Å². The molecule has 1 aliphatic heterocycles. The van der Waals surface area contributed by atoms with Crippen LogP contribution in [0.1, 0.15) is 12.5 Å². The largest absolute Gasteiger partial charge is 0.374 e. The molecule has 1 aromatic heterocycles. The molecule has 1 aliphatic rings. The molecule has 1 aromatic rings. The minimum Gasteiger partial charge on any atom is -0.374 e. The van der Waals surface area contributed by atoms with Gasteiger partial charge in [0.1, 0.15) is 0 Å². The third-order valence-corrected chi connectivity index (χ3v) is 3.21. The number of rotatable bonds is 6. The van der Waals surface area contributed by atoms with Crippen LogP contribution in [0.4, 0.5) is 0 Å². The molecule has 0 spiro atoms. The van der Waals surface area contributed by atoms with E-state index in [1.807, 2.05) is 12.4 Å². The number of hydrogen-bond acceptors (Lipinski definition) is 4. The van der Waals surface area contributed by atoms with E-state index in [9.17, 15) is 0 Å². The first-order chi connectivity index (χ1) is 8.81. The molecule has 0 aromatic carbocycles. The summed E-state index contributed by atoms with van der Waals surface area (Å²) in [5.74, 6) is 0. The van der Waals surface area contributed by atoms with Gasteiger partial charge in [-0.3, -0.25) is 4.90 Å². The Morgan fingerprint density at radius 1 is 1.67 bits per heavy atom. The molecule has 5 nitrogen and oxygen atoms in total. The predicted octanol–water partition coefficient (Wildman–Crippen LogP) is 0.794. The zero-order valence-electron chi connectivity index (χ0n) is 11.0. The molecular weight excluding hydrogens is 228 g/mol. The van der Waals surface area contributed by atoms with E-state index in [2.05, 4.69) is 28.8 Å². The van der Waals surface area contributed by atoms with Gasteiger partial charge in [-0.05, 0) is 6.54 Å². The molecule has 18 heavy (non-hydrogen) atoms. The second-order valence-electron chi connectivity index (χ2n) is 4.53. The maximum atomic E-state index is 5.73. The Hall–Kier alpha value is -1.17.